The zero-order valence-corrected chi connectivity index (χ0v) is 12.6. The van der Waals surface area contributed by atoms with Crippen LogP contribution in [0.15, 0.2) is 17.2 Å². The smallest absolute Gasteiger partial charge is 0.242 e. The van der Waals surface area contributed by atoms with Crippen molar-refractivity contribution < 1.29 is 8.42 Å². The predicted octanol–water partition coefficient (Wildman–Crippen LogP) is 2.39. The van der Waals surface area contributed by atoms with E-state index in [-0.39, 0.29) is 10.4 Å². The molecule has 0 aromatic carbocycles. The molecule has 0 amide bonds. The van der Waals surface area contributed by atoms with Gasteiger partial charge in [-0.3, -0.25) is 0 Å². The van der Waals surface area contributed by atoms with E-state index < -0.39 is 10.0 Å². The maximum atomic E-state index is 12.2. The summed E-state index contributed by atoms with van der Waals surface area (Å²) in [7, 11) is -3.56. The highest BCUT2D eigenvalue weighted by molar-refractivity contribution is 7.89. The maximum absolute atomic E-state index is 12.2. The van der Waals surface area contributed by atoms with Crippen LogP contribution < -0.4 is 10.0 Å². The first-order valence-corrected chi connectivity index (χ1v) is 8.16. The van der Waals surface area contributed by atoms with Crippen LogP contribution >= 0.6 is 11.6 Å². The quantitative estimate of drug-likeness (QED) is 0.876. The highest BCUT2D eigenvalue weighted by Gasteiger charge is 2.36. The summed E-state index contributed by atoms with van der Waals surface area (Å²) in [5.74, 6) is 0.498. The third-order valence-electron chi connectivity index (χ3n) is 3.31. The van der Waals surface area contributed by atoms with E-state index in [1.165, 1.54) is 12.3 Å². The second-order valence-corrected chi connectivity index (χ2v) is 7.14. The van der Waals surface area contributed by atoms with E-state index in [1.54, 1.807) is 0 Å². The van der Waals surface area contributed by atoms with Crippen LogP contribution in [0.4, 0.5) is 5.82 Å². The van der Waals surface area contributed by atoms with Gasteiger partial charge in [-0.1, -0.05) is 11.6 Å². The summed E-state index contributed by atoms with van der Waals surface area (Å²) in [6.45, 7) is 4.51. The van der Waals surface area contributed by atoms with Crippen molar-refractivity contribution in [1.29, 1.82) is 0 Å². The third kappa shape index (κ3) is 3.19. The normalized spacial score (nSPS) is 17.8. The molecule has 1 fully saturated rings. The average Bonchev–Trinajstić information content (AvgIpc) is 2.29. The van der Waals surface area contributed by atoms with Gasteiger partial charge in [-0.15, -0.1) is 0 Å². The molecule has 19 heavy (non-hydrogen) atoms. The van der Waals surface area contributed by atoms with Gasteiger partial charge in [0.15, 0.2) is 0 Å². The summed E-state index contributed by atoms with van der Waals surface area (Å²) in [6, 6.07) is 1.43. The molecule has 0 aliphatic heterocycles. The topological polar surface area (TPSA) is 71.1 Å². The molecule has 0 spiro atoms. The molecule has 1 aromatic rings. The van der Waals surface area contributed by atoms with Gasteiger partial charge in [0.25, 0.3) is 0 Å². The van der Waals surface area contributed by atoms with Gasteiger partial charge in [0.1, 0.15) is 10.7 Å². The van der Waals surface area contributed by atoms with Gasteiger partial charge < -0.3 is 5.32 Å². The largest absolute Gasteiger partial charge is 0.369 e. The van der Waals surface area contributed by atoms with Gasteiger partial charge in [-0.25, -0.2) is 18.1 Å². The molecule has 0 unspecified atom stereocenters. The van der Waals surface area contributed by atoms with Crippen molar-refractivity contribution in [3.8, 4) is 0 Å². The van der Waals surface area contributed by atoms with Crippen LogP contribution in [-0.2, 0) is 10.0 Å². The monoisotopic (exact) mass is 303 g/mol. The molecule has 0 bridgehead atoms. The van der Waals surface area contributed by atoms with Gasteiger partial charge in [0.2, 0.25) is 10.0 Å². The fourth-order valence-electron chi connectivity index (χ4n) is 2.06. The Hall–Kier alpha value is -0.850. The number of nitrogens with zero attached hydrogens (tertiary/aromatic N) is 1. The average molecular weight is 304 g/mol. The van der Waals surface area contributed by atoms with Gasteiger partial charge in [0.05, 0.1) is 5.02 Å². The fraction of sp³-hybridized carbons (Fsp3) is 0.583. The van der Waals surface area contributed by atoms with Crippen molar-refractivity contribution in [2.45, 2.75) is 43.5 Å². The summed E-state index contributed by atoms with van der Waals surface area (Å²) >= 11 is 6.02. The minimum absolute atomic E-state index is 0.104. The van der Waals surface area contributed by atoms with E-state index in [1.807, 2.05) is 13.8 Å². The Morgan fingerprint density at radius 1 is 1.47 bits per heavy atom. The molecule has 2 N–H and O–H groups in total. The van der Waals surface area contributed by atoms with Crippen LogP contribution in [0.25, 0.3) is 0 Å². The summed E-state index contributed by atoms with van der Waals surface area (Å²) in [5, 5.41) is 3.28. The molecular weight excluding hydrogens is 286 g/mol. The fourth-order valence-corrected chi connectivity index (χ4v) is 3.79. The molecule has 0 saturated heterocycles. The number of nitrogens with one attached hydrogen (secondary N) is 2. The Morgan fingerprint density at radius 2 is 2.16 bits per heavy atom. The molecule has 2 rings (SSSR count). The van der Waals surface area contributed by atoms with Gasteiger partial charge in [-0.05, 0) is 39.2 Å². The molecular formula is C12H18ClN3O2S. The SMILES string of the molecule is CCNc1ncc(S(=O)(=O)NC2(C)CCC2)cc1Cl. The highest BCUT2D eigenvalue weighted by atomic mass is 35.5. The van der Waals surface area contributed by atoms with Crippen LogP contribution in [0.5, 0.6) is 0 Å². The van der Waals surface area contributed by atoms with Gasteiger partial charge >= 0.3 is 0 Å². The van der Waals surface area contributed by atoms with Crippen molar-refractivity contribution in [3.05, 3.63) is 17.3 Å². The van der Waals surface area contributed by atoms with Gasteiger partial charge in [-0.2, -0.15) is 0 Å². The lowest BCUT2D eigenvalue weighted by molar-refractivity contribution is 0.248. The van der Waals surface area contributed by atoms with Crippen molar-refractivity contribution in [1.82, 2.24) is 9.71 Å². The summed E-state index contributed by atoms with van der Waals surface area (Å²) < 4.78 is 27.2. The first-order chi connectivity index (χ1) is 8.86. The van der Waals surface area contributed by atoms with E-state index in [9.17, 15) is 8.42 Å². The lowest BCUT2D eigenvalue weighted by Crippen LogP contribution is -2.50. The van der Waals surface area contributed by atoms with Crippen molar-refractivity contribution in [3.63, 3.8) is 0 Å². The van der Waals surface area contributed by atoms with Crippen LogP contribution in [0.3, 0.4) is 0 Å². The second kappa shape index (κ2) is 5.26. The number of pyridine rings is 1. The number of anilines is 1. The first kappa shape index (κ1) is 14.6. The van der Waals surface area contributed by atoms with Crippen molar-refractivity contribution in [2.75, 3.05) is 11.9 Å². The standard InChI is InChI=1S/C12H18ClN3O2S/c1-3-14-11-10(13)7-9(8-15-11)19(17,18)16-12(2)5-4-6-12/h7-8,16H,3-6H2,1-2H3,(H,14,15). The van der Waals surface area contributed by atoms with E-state index in [2.05, 4.69) is 15.0 Å². The summed E-state index contributed by atoms with van der Waals surface area (Å²) in [6.07, 6.45) is 4.11. The number of hydrogen-bond donors (Lipinski definition) is 2. The number of sulfonamides is 1. The molecule has 0 radical (unpaired) electrons. The zero-order chi connectivity index (χ0) is 14.1. The Labute approximate surface area is 118 Å². The Balaban J connectivity index is 2.23. The molecule has 106 valence electrons. The van der Waals surface area contributed by atoms with E-state index in [0.29, 0.717) is 17.4 Å². The Bertz CT molecular complexity index is 570. The maximum Gasteiger partial charge on any atom is 0.242 e. The minimum atomic E-state index is -3.56. The van der Waals surface area contributed by atoms with E-state index in [0.717, 1.165) is 19.3 Å². The highest BCUT2D eigenvalue weighted by Crippen LogP contribution is 2.33. The summed E-state index contributed by atoms with van der Waals surface area (Å²) in [4.78, 5) is 4.15. The zero-order valence-electron chi connectivity index (χ0n) is 11.0. The Kier molecular flexibility index (Phi) is 4.03. The lowest BCUT2D eigenvalue weighted by atomic mass is 9.80. The molecule has 7 heteroatoms. The van der Waals surface area contributed by atoms with Crippen LogP contribution in [0.2, 0.25) is 5.02 Å². The minimum Gasteiger partial charge on any atom is -0.369 e. The first-order valence-electron chi connectivity index (χ1n) is 6.30. The number of rotatable bonds is 5. The van der Waals surface area contributed by atoms with Crippen molar-refractivity contribution in [2.24, 2.45) is 0 Å². The Morgan fingerprint density at radius 3 is 2.63 bits per heavy atom. The number of hydrogen-bond acceptors (Lipinski definition) is 4. The summed E-state index contributed by atoms with van der Waals surface area (Å²) in [5.41, 5.74) is -0.328. The van der Waals surface area contributed by atoms with E-state index in [4.69, 9.17) is 11.6 Å². The van der Waals surface area contributed by atoms with E-state index >= 15 is 0 Å². The second-order valence-electron chi connectivity index (χ2n) is 5.05. The molecule has 1 saturated carbocycles. The molecule has 1 aliphatic carbocycles. The molecule has 5 nitrogen and oxygen atoms in total. The molecule has 1 aromatic heterocycles. The van der Waals surface area contributed by atoms with Crippen molar-refractivity contribution >= 4 is 27.4 Å². The van der Waals surface area contributed by atoms with Gasteiger partial charge in [0, 0.05) is 18.3 Å². The third-order valence-corrected chi connectivity index (χ3v) is 5.20. The lowest BCUT2D eigenvalue weighted by Gasteiger charge is -2.38. The molecule has 0 atom stereocenters. The van der Waals surface area contributed by atoms with Crippen LogP contribution in [0.1, 0.15) is 33.1 Å². The molecule has 1 heterocycles. The molecule has 1 aliphatic rings. The number of halogens is 1. The number of aromatic nitrogens is 1. The van der Waals surface area contributed by atoms with Crippen LogP contribution in [0, 0.1) is 0 Å². The van der Waals surface area contributed by atoms with Crippen LogP contribution in [-0.4, -0.2) is 25.5 Å². The predicted molar refractivity (Wildman–Crippen MR) is 76.0 cm³/mol.